The molecule has 122 valence electrons. The maximum absolute atomic E-state index is 12.0. The highest BCUT2D eigenvalue weighted by Crippen LogP contribution is 2.26. The van der Waals surface area contributed by atoms with Gasteiger partial charge in [-0.05, 0) is 30.9 Å². The Morgan fingerprint density at radius 2 is 1.68 bits per heavy atom. The van der Waals surface area contributed by atoms with Gasteiger partial charge in [-0.25, -0.2) is 0 Å². The molecule has 3 nitrogen and oxygen atoms in total. The lowest BCUT2D eigenvalue weighted by Gasteiger charge is -2.29. The first-order valence-corrected chi connectivity index (χ1v) is 8.73. The quantitative estimate of drug-likeness (QED) is 0.901. The average molecular weight is 303 g/mol. The molecule has 0 spiro atoms. The van der Waals surface area contributed by atoms with Crippen LogP contribution in [0.3, 0.4) is 0 Å². The van der Waals surface area contributed by atoms with Crippen LogP contribution in [0.2, 0.25) is 0 Å². The van der Waals surface area contributed by atoms with Gasteiger partial charge in [0.25, 0.3) is 5.91 Å². The molecule has 3 heteroatoms. The van der Waals surface area contributed by atoms with Gasteiger partial charge < -0.3 is 10.0 Å². The van der Waals surface area contributed by atoms with E-state index in [-0.39, 0.29) is 12.0 Å². The van der Waals surface area contributed by atoms with Gasteiger partial charge in [-0.15, -0.1) is 0 Å². The van der Waals surface area contributed by atoms with E-state index in [4.69, 9.17) is 0 Å². The number of carbonyl (C=O) groups excluding carboxylic acids is 1. The summed E-state index contributed by atoms with van der Waals surface area (Å²) in [6.45, 7) is 3.62. The van der Waals surface area contributed by atoms with E-state index < -0.39 is 0 Å². The largest absolute Gasteiger partial charge is 0.393 e. The van der Waals surface area contributed by atoms with Crippen LogP contribution < -0.4 is 0 Å². The molecule has 1 aliphatic heterocycles. The van der Waals surface area contributed by atoms with Gasteiger partial charge in [-0.3, -0.25) is 4.79 Å². The molecule has 1 saturated heterocycles. The minimum absolute atomic E-state index is 0.0718. The fourth-order valence-corrected chi connectivity index (χ4v) is 3.25. The smallest absolute Gasteiger partial charge is 0.253 e. The Kier molecular flexibility index (Phi) is 6.91. The summed E-state index contributed by atoms with van der Waals surface area (Å²) in [5, 5.41) is 9.34. The number of benzene rings is 1. The van der Waals surface area contributed by atoms with E-state index in [1.165, 1.54) is 32.1 Å². The molecule has 0 bridgehead atoms. The number of hydrogen-bond acceptors (Lipinski definition) is 2. The summed E-state index contributed by atoms with van der Waals surface area (Å²) < 4.78 is 0. The molecule has 1 saturated carbocycles. The third-order valence-electron chi connectivity index (χ3n) is 4.82. The Hall–Kier alpha value is -1.35. The normalized spacial score (nSPS) is 19.6. The first-order chi connectivity index (χ1) is 10.7. The third-order valence-corrected chi connectivity index (χ3v) is 4.82. The maximum atomic E-state index is 12.0. The topological polar surface area (TPSA) is 40.5 Å². The number of amides is 1. The molecule has 1 aliphatic carbocycles. The predicted octanol–water partition coefficient (Wildman–Crippen LogP) is 3.87. The van der Waals surface area contributed by atoms with Crippen LogP contribution in [0.5, 0.6) is 0 Å². The Labute approximate surface area is 134 Å². The van der Waals surface area contributed by atoms with Crippen molar-refractivity contribution in [3.63, 3.8) is 0 Å². The Morgan fingerprint density at radius 3 is 2.18 bits per heavy atom. The first kappa shape index (κ1) is 17.0. The van der Waals surface area contributed by atoms with Gasteiger partial charge in [0, 0.05) is 18.7 Å². The van der Waals surface area contributed by atoms with Gasteiger partial charge >= 0.3 is 0 Å². The van der Waals surface area contributed by atoms with Crippen LogP contribution in [0.15, 0.2) is 30.3 Å². The second-order valence-corrected chi connectivity index (χ2v) is 6.45. The fourth-order valence-electron chi connectivity index (χ4n) is 3.25. The van der Waals surface area contributed by atoms with Gasteiger partial charge in [-0.1, -0.05) is 57.2 Å². The van der Waals surface area contributed by atoms with Crippen LogP contribution in [0, 0.1) is 5.92 Å². The molecule has 1 aromatic rings. The molecule has 1 N–H and O–H groups in total. The summed E-state index contributed by atoms with van der Waals surface area (Å²) in [7, 11) is 0. The zero-order valence-corrected chi connectivity index (χ0v) is 13.7. The number of aliphatic hydroxyl groups excluding tert-OH is 1. The molecule has 0 unspecified atom stereocenters. The van der Waals surface area contributed by atoms with Gasteiger partial charge in [0.2, 0.25) is 0 Å². The number of piperidine rings is 1. The molecule has 1 amide bonds. The van der Waals surface area contributed by atoms with Crippen LogP contribution in [0.4, 0.5) is 0 Å². The molecule has 0 atom stereocenters. The van der Waals surface area contributed by atoms with Crippen molar-refractivity contribution in [2.45, 2.75) is 58.0 Å². The average Bonchev–Trinajstić information content (AvgIpc) is 3.10. The summed E-state index contributed by atoms with van der Waals surface area (Å²) >= 11 is 0. The monoisotopic (exact) mass is 303 g/mol. The maximum Gasteiger partial charge on any atom is 0.253 e. The SMILES string of the molecule is CCC1CCCC1.O=C(c1ccccc1)N1CCC(O)CC1. The molecule has 1 aromatic carbocycles. The highest BCUT2D eigenvalue weighted by atomic mass is 16.3. The lowest BCUT2D eigenvalue weighted by Crippen LogP contribution is -2.40. The number of nitrogens with zero attached hydrogens (tertiary/aromatic N) is 1. The Bertz CT molecular complexity index is 432. The minimum Gasteiger partial charge on any atom is -0.393 e. The lowest BCUT2D eigenvalue weighted by molar-refractivity contribution is 0.0546. The van der Waals surface area contributed by atoms with Crippen LogP contribution in [-0.2, 0) is 0 Å². The summed E-state index contributed by atoms with van der Waals surface area (Å²) in [5.41, 5.74) is 0.730. The fraction of sp³-hybridized carbons (Fsp3) is 0.632. The van der Waals surface area contributed by atoms with Crippen LogP contribution >= 0.6 is 0 Å². The molecule has 22 heavy (non-hydrogen) atoms. The van der Waals surface area contributed by atoms with Crippen molar-refractivity contribution in [3.8, 4) is 0 Å². The van der Waals surface area contributed by atoms with E-state index in [2.05, 4.69) is 6.92 Å². The molecule has 2 aliphatic rings. The second kappa shape index (κ2) is 8.94. The number of aliphatic hydroxyl groups is 1. The van der Waals surface area contributed by atoms with Crippen molar-refractivity contribution < 1.29 is 9.90 Å². The number of carbonyl (C=O) groups is 1. The van der Waals surface area contributed by atoms with Crippen molar-refractivity contribution >= 4 is 5.91 Å². The van der Waals surface area contributed by atoms with Gasteiger partial charge in [0.05, 0.1) is 6.10 Å². The molecule has 0 radical (unpaired) electrons. The van der Waals surface area contributed by atoms with E-state index in [1.807, 2.05) is 35.2 Å². The van der Waals surface area contributed by atoms with E-state index >= 15 is 0 Å². The van der Waals surface area contributed by atoms with Crippen molar-refractivity contribution in [1.29, 1.82) is 0 Å². The predicted molar refractivity (Wildman–Crippen MR) is 89.8 cm³/mol. The highest BCUT2D eigenvalue weighted by molar-refractivity contribution is 5.94. The van der Waals surface area contributed by atoms with Gasteiger partial charge in [0.15, 0.2) is 0 Å². The van der Waals surface area contributed by atoms with E-state index in [0.717, 1.165) is 11.5 Å². The third kappa shape index (κ3) is 5.13. The molecule has 3 rings (SSSR count). The highest BCUT2D eigenvalue weighted by Gasteiger charge is 2.21. The van der Waals surface area contributed by atoms with Crippen LogP contribution in [0.25, 0.3) is 0 Å². The van der Waals surface area contributed by atoms with E-state index in [9.17, 15) is 9.90 Å². The van der Waals surface area contributed by atoms with Crippen molar-refractivity contribution in [3.05, 3.63) is 35.9 Å². The first-order valence-electron chi connectivity index (χ1n) is 8.73. The van der Waals surface area contributed by atoms with Crippen LogP contribution in [0.1, 0.15) is 62.2 Å². The zero-order valence-electron chi connectivity index (χ0n) is 13.7. The van der Waals surface area contributed by atoms with E-state index in [0.29, 0.717) is 25.9 Å². The van der Waals surface area contributed by atoms with Crippen LogP contribution in [-0.4, -0.2) is 35.1 Å². The zero-order chi connectivity index (χ0) is 15.8. The Balaban J connectivity index is 0.000000211. The standard InChI is InChI=1S/C12H15NO2.C7H14/c14-11-6-8-13(9-7-11)12(15)10-4-2-1-3-5-10;1-2-7-5-3-4-6-7/h1-5,11,14H,6-9H2;7H,2-6H2,1H3. The summed E-state index contributed by atoms with van der Waals surface area (Å²) in [6.07, 6.45) is 8.59. The molecule has 2 fully saturated rings. The summed E-state index contributed by atoms with van der Waals surface area (Å²) in [4.78, 5) is 13.8. The van der Waals surface area contributed by atoms with Crippen molar-refractivity contribution in [2.75, 3.05) is 13.1 Å². The summed E-state index contributed by atoms with van der Waals surface area (Å²) in [5.74, 6) is 1.17. The summed E-state index contributed by atoms with van der Waals surface area (Å²) in [6, 6.07) is 9.29. The van der Waals surface area contributed by atoms with Crippen molar-refractivity contribution in [2.24, 2.45) is 5.92 Å². The van der Waals surface area contributed by atoms with Gasteiger partial charge in [-0.2, -0.15) is 0 Å². The number of hydrogen-bond donors (Lipinski definition) is 1. The minimum atomic E-state index is -0.232. The Morgan fingerprint density at radius 1 is 1.09 bits per heavy atom. The van der Waals surface area contributed by atoms with E-state index in [1.54, 1.807) is 0 Å². The number of rotatable bonds is 2. The second-order valence-electron chi connectivity index (χ2n) is 6.45. The lowest BCUT2D eigenvalue weighted by atomic mass is 10.1. The molecular formula is C19H29NO2. The van der Waals surface area contributed by atoms with Gasteiger partial charge in [0.1, 0.15) is 0 Å². The number of likely N-dealkylation sites (tertiary alicyclic amines) is 1. The van der Waals surface area contributed by atoms with Crippen molar-refractivity contribution in [1.82, 2.24) is 4.90 Å². The molecular weight excluding hydrogens is 274 g/mol. The molecule has 0 aromatic heterocycles. The molecule has 1 heterocycles.